The highest BCUT2D eigenvalue weighted by atomic mass is 19.4. The van der Waals surface area contributed by atoms with Crippen LogP contribution in [0.15, 0.2) is 24.3 Å². The van der Waals surface area contributed by atoms with E-state index in [1.54, 1.807) is 0 Å². The number of alkyl halides is 3. The summed E-state index contributed by atoms with van der Waals surface area (Å²) in [5.41, 5.74) is 7.67. The second kappa shape index (κ2) is 7.38. The van der Waals surface area contributed by atoms with Crippen molar-refractivity contribution in [1.82, 2.24) is 5.32 Å². The molecule has 0 radical (unpaired) electrons. The first kappa shape index (κ1) is 15.0. The first-order valence-corrected chi connectivity index (χ1v) is 6.06. The van der Waals surface area contributed by atoms with E-state index < -0.39 is 12.6 Å². The molecule has 0 unspecified atom stereocenters. The Labute approximate surface area is 105 Å². The summed E-state index contributed by atoms with van der Waals surface area (Å²) in [6.45, 7) is 1.80. The Morgan fingerprint density at radius 2 is 1.61 bits per heavy atom. The summed E-state index contributed by atoms with van der Waals surface area (Å²) in [5, 5.41) is 3.13. The summed E-state index contributed by atoms with van der Waals surface area (Å²) in [6, 6.07) is 7.87. The maximum absolute atomic E-state index is 11.9. The van der Waals surface area contributed by atoms with E-state index in [0.29, 0.717) is 26.1 Å². The van der Waals surface area contributed by atoms with Crippen molar-refractivity contribution < 1.29 is 13.2 Å². The smallest absolute Gasteiger partial charge is 0.326 e. The number of nitrogens with one attached hydrogen (secondary N) is 1. The van der Waals surface area contributed by atoms with Gasteiger partial charge in [0, 0.05) is 19.5 Å². The normalized spacial score (nSPS) is 11.8. The van der Waals surface area contributed by atoms with Crippen molar-refractivity contribution in [3.8, 4) is 0 Å². The van der Waals surface area contributed by atoms with Gasteiger partial charge < -0.3 is 11.1 Å². The van der Waals surface area contributed by atoms with Gasteiger partial charge in [0.15, 0.2) is 0 Å². The van der Waals surface area contributed by atoms with Crippen LogP contribution in [0.5, 0.6) is 0 Å². The molecule has 0 aliphatic carbocycles. The number of hydrogen-bond donors (Lipinski definition) is 2. The minimum atomic E-state index is -4.03. The van der Waals surface area contributed by atoms with E-state index in [4.69, 9.17) is 5.73 Å². The quantitative estimate of drug-likeness (QED) is 0.740. The third-order valence-corrected chi connectivity index (χ3v) is 2.65. The molecule has 0 bridgehead atoms. The average Bonchev–Trinajstić information content (AvgIpc) is 2.33. The fourth-order valence-electron chi connectivity index (χ4n) is 1.60. The largest absolute Gasteiger partial charge is 0.389 e. The Kier molecular flexibility index (Phi) is 6.15. The van der Waals surface area contributed by atoms with Crippen LogP contribution in [0.25, 0.3) is 0 Å². The molecule has 18 heavy (non-hydrogen) atoms. The van der Waals surface area contributed by atoms with Crippen molar-refractivity contribution in [3.63, 3.8) is 0 Å². The molecule has 1 aromatic carbocycles. The van der Waals surface area contributed by atoms with Crippen molar-refractivity contribution in [3.05, 3.63) is 35.4 Å². The van der Waals surface area contributed by atoms with Crippen LogP contribution in [0.4, 0.5) is 13.2 Å². The van der Waals surface area contributed by atoms with Gasteiger partial charge >= 0.3 is 6.18 Å². The third kappa shape index (κ3) is 6.61. The van der Waals surface area contributed by atoms with E-state index in [1.807, 2.05) is 24.3 Å². The van der Waals surface area contributed by atoms with Crippen LogP contribution in [-0.2, 0) is 13.1 Å². The molecule has 0 saturated heterocycles. The average molecular weight is 260 g/mol. The number of unbranched alkanes of at least 4 members (excludes halogenated alkanes) is 1. The summed E-state index contributed by atoms with van der Waals surface area (Å²) in [6.07, 6.45) is -4.00. The molecule has 5 heteroatoms. The van der Waals surface area contributed by atoms with Gasteiger partial charge in [0.25, 0.3) is 0 Å². The Bertz CT molecular complexity index is 333. The molecule has 0 atom stereocenters. The molecule has 3 N–H and O–H groups in total. The fourth-order valence-corrected chi connectivity index (χ4v) is 1.60. The molecule has 0 aromatic heterocycles. The molecular formula is C13H19F3N2. The van der Waals surface area contributed by atoms with Gasteiger partial charge in [0.2, 0.25) is 0 Å². The first-order valence-electron chi connectivity index (χ1n) is 6.06. The Morgan fingerprint density at radius 3 is 2.17 bits per heavy atom. The van der Waals surface area contributed by atoms with Crippen molar-refractivity contribution in [1.29, 1.82) is 0 Å². The number of benzene rings is 1. The Balaban J connectivity index is 2.10. The van der Waals surface area contributed by atoms with E-state index in [9.17, 15) is 13.2 Å². The highest BCUT2D eigenvalue weighted by Gasteiger charge is 2.25. The molecule has 0 aliphatic rings. The monoisotopic (exact) mass is 260 g/mol. The summed E-state index contributed by atoms with van der Waals surface area (Å²) < 4.78 is 35.6. The maximum Gasteiger partial charge on any atom is 0.389 e. The molecule has 102 valence electrons. The zero-order chi connectivity index (χ0) is 13.4. The van der Waals surface area contributed by atoms with E-state index >= 15 is 0 Å². The van der Waals surface area contributed by atoms with Gasteiger partial charge in [0.05, 0.1) is 0 Å². The van der Waals surface area contributed by atoms with Gasteiger partial charge in [-0.3, -0.25) is 0 Å². The van der Waals surface area contributed by atoms with Crippen LogP contribution in [-0.4, -0.2) is 12.7 Å². The minimum Gasteiger partial charge on any atom is -0.326 e. The van der Waals surface area contributed by atoms with Gasteiger partial charge in [-0.25, -0.2) is 0 Å². The third-order valence-electron chi connectivity index (χ3n) is 2.65. The van der Waals surface area contributed by atoms with Crippen LogP contribution >= 0.6 is 0 Å². The van der Waals surface area contributed by atoms with Crippen LogP contribution in [0.1, 0.15) is 30.4 Å². The molecule has 1 aromatic rings. The Hall–Kier alpha value is -1.07. The molecule has 0 amide bonds. The first-order chi connectivity index (χ1) is 8.51. The summed E-state index contributed by atoms with van der Waals surface area (Å²) in [5.74, 6) is 0. The standard InChI is InChI=1S/C13H19F3N2/c14-13(15,16)7-1-2-8-18-10-12-5-3-11(9-17)4-6-12/h3-6,18H,1-2,7-10,17H2. The number of nitrogens with two attached hydrogens (primary N) is 1. The molecule has 2 nitrogen and oxygen atoms in total. The molecule has 1 rings (SSSR count). The second-order valence-electron chi connectivity index (χ2n) is 4.27. The van der Waals surface area contributed by atoms with Gasteiger partial charge in [0.1, 0.15) is 0 Å². The summed E-state index contributed by atoms with van der Waals surface area (Å²) in [7, 11) is 0. The SMILES string of the molecule is NCc1ccc(CNCCCCC(F)(F)F)cc1. The lowest BCUT2D eigenvalue weighted by molar-refractivity contribution is -0.135. The molecule has 0 saturated carbocycles. The summed E-state index contributed by atoms with van der Waals surface area (Å²) in [4.78, 5) is 0. The molecule has 0 spiro atoms. The Morgan fingerprint density at radius 1 is 1.00 bits per heavy atom. The van der Waals surface area contributed by atoms with E-state index in [2.05, 4.69) is 5.32 Å². The van der Waals surface area contributed by atoms with Gasteiger partial charge in [-0.1, -0.05) is 24.3 Å². The van der Waals surface area contributed by atoms with Crippen molar-refractivity contribution in [2.45, 2.75) is 38.5 Å². The zero-order valence-corrected chi connectivity index (χ0v) is 10.3. The van der Waals surface area contributed by atoms with Crippen LogP contribution in [0, 0.1) is 0 Å². The predicted molar refractivity (Wildman–Crippen MR) is 65.9 cm³/mol. The van der Waals surface area contributed by atoms with Crippen molar-refractivity contribution >= 4 is 0 Å². The van der Waals surface area contributed by atoms with Gasteiger partial charge in [-0.05, 0) is 30.5 Å². The van der Waals surface area contributed by atoms with Gasteiger partial charge in [-0.2, -0.15) is 13.2 Å². The molecule has 0 fully saturated rings. The van der Waals surface area contributed by atoms with Crippen molar-refractivity contribution in [2.24, 2.45) is 5.73 Å². The minimum absolute atomic E-state index is 0.183. The van der Waals surface area contributed by atoms with E-state index in [1.165, 1.54) is 0 Å². The van der Waals surface area contributed by atoms with Gasteiger partial charge in [-0.15, -0.1) is 0 Å². The highest BCUT2D eigenvalue weighted by Crippen LogP contribution is 2.21. The van der Waals surface area contributed by atoms with E-state index in [-0.39, 0.29) is 6.42 Å². The van der Waals surface area contributed by atoms with Crippen LogP contribution < -0.4 is 11.1 Å². The summed E-state index contributed by atoms with van der Waals surface area (Å²) >= 11 is 0. The number of hydrogen-bond acceptors (Lipinski definition) is 2. The fraction of sp³-hybridized carbons (Fsp3) is 0.538. The molecular weight excluding hydrogens is 241 g/mol. The maximum atomic E-state index is 11.9. The molecule has 0 aliphatic heterocycles. The lowest BCUT2D eigenvalue weighted by Gasteiger charge is -2.07. The second-order valence-corrected chi connectivity index (χ2v) is 4.27. The topological polar surface area (TPSA) is 38.0 Å². The van der Waals surface area contributed by atoms with Crippen LogP contribution in [0.3, 0.4) is 0 Å². The van der Waals surface area contributed by atoms with E-state index in [0.717, 1.165) is 11.1 Å². The number of rotatable bonds is 7. The predicted octanol–water partition coefficient (Wildman–Crippen LogP) is 2.97. The van der Waals surface area contributed by atoms with Crippen molar-refractivity contribution in [2.75, 3.05) is 6.54 Å². The number of halogens is 3. The molecule has 0 heterocycles. The zero-order valence-electron chi connectivity index (χ0n) is 10.3. The highest BCUT2D eigenvalue weighted by molar-refractivity contribution is 5.22. The lowest BCUT2D eigenvalue weighted by atomic mass is 10.1. The van der Waals surface area contributed by atoms with Crippen LogP contribution in [0.2, 0.25) is 0 Å². The lowest BCUT2D eigenvalue weighted by Crippen LogP contribution is -2.16.